The Morgan fingerprint density at radius 1 is 1.19 bits per heavy atom. The minimum absolute atomic E-state index is 0.710. The second kappa shape index (κ2) is 4.47. The molecule has 2 aromatic carbocycles. The fourth-order valence-corrected chi connectivity index (χ4v) is 2.76. The van der Waals surface area contributed by atoms with Crippen LogP contribution >= 0.6 is 15.9 Å². The van der Waals surface area contributed by atoms with Gasteiger partial charge in [-0.15, -0.1) is 6.42 Å². The molecule has 0 unspecified atom stereocenters. The van der Waals surface area contributed by atoms with Gasteiger partial charge in [0.05, 0.1) is 22.1 Å². The Morgan fingerprint density at radius 3 is 2.90 bits per heavy atom. The molecule has 0 aliphatic rings. The first-order valence-electron chi connectivity index (χ1n) is 6.27. The van der Waals surface area contributed by atoms with Gasteiger partial charge in [0.15, 0.2) is 6.33 Å². The van der Waals surface area contributed by atoms with Gasteiger partial charge >= 0.3 is 0 Å². The maximum absolute atomic E-state index is 5.62. The fourth-order valence-electron chi connectivity index (χ4n) is 2.41. The molecule has 0 amide bonds. The third-order valence-electron chi connectivity index (χ3n) is 3.37. The Hall–Kier alpha value is -2.58. The van der Waals surface area contributed by atoms with Crippen molar-refractivity contribution in [2.75, 3.05) is 0 Å². The summed E-state index contributed by atoms with van der Waals surface area (Å²) in [6.07, 6.45) is 8.37. The van der Waals surface area contributed by atoms with Crippen LogP contribution in [0.5, 0.6) is 0 Å². The molecule has 4 aromatic rings. The molecular weight excluding hydrogens is 328 g/mol. The highest BCUT2D eigenvalue weighted by atomic mass is 79.9. The summed E-state index contributed by atoms with van der Waals surface area (Å²) in [5, 5.41) is 0. The van der Waals surface area contributed by atoms with Gasteiger partial charge in [-0.25, -0.2) is 9.97 Å². The molecule has 2 N–H and O–H groups in total. The van der Waals surface area contributed by atoms with E-state index in [0.717, 1.165) is 37.7 Å². The second-order valence-electron chi connectivity index (χ2n) is 4.62. The molecule has 0 saturated heterocycles. The van der Waals surface area contributed by atoms with Gasteiger partial charge < -0.3 is 9.97 Å². The van der Waals surface area contributed by atoms with Crippen molar-refractivity contribution in [3.05, 3.63) is 46.7 Å². The number of H-pyrrole nitrogens is 2. The Labute approximate surface area is 128 Å². The van der Waals surface area contributed by atoms with E-state index in [1.807, 2.05) is 30.3 Å². The van der Waals surface area contributed by atoms with E-state index in [9.17, 15) is 0 Å². The third kappa shape index (κ3) is 1.84. The molecule has 21 heavy (non-hydrogen) atoms. The van der Waals surface area contributed by atoms with Crippen LogP contribution in [0, 0.1) is 18.7 Å². The normalized spacial score (nSPS) is 11.0. The standard InChI is InChI=1S/C16H8BrN4/c1-2-9-3-5-12-15(19-8-18-12)14(9)16-20-11-6-4-10(17)7-13(11)21-16/h1,3-7H,(H,18,19)(H,20,21). The first-order valence-corrected chi connectivity index (χ1v) is 7.06. The lowest BCUT2D eigenvalue weighted by molar-refractivity contribution is 1.31. The zero-order chi connectivity index (χ0) is 14.4. The average Bonchev–Trinajstić information content (AvgIpc) is 3.11. The molecule has 5 heteroatoms. The number of hydrogen-bond acceptors (Lipinski definition) is 2. The van der Waals surface area contributed by atoms with Crippen molar-refractivity contribution >= 4 is 38.0 Å². The van der Waals surface area contributed by atoms with Gasteiger partial charge in [0.25, 0.3) is 0 Å². The number of terminal acetylenes is 1. The molecular formula is C16H8BrN4. The first-order chi connectivity index (χ1) is 10.3. The molecule has 0 aliphatic carbocycles. The van der Waals surface area contributed by atoms with Gasteiger partial charge in [-0.05, 0) is 30.3 Å². The highest BCUT2D eigenvalue weighted by molar-refractivity contribution is 9.10. The van der Waals surface area contributed by atoms with Gasteiger partial charge in [-0.1, -0.05) is 21.9 Å². The molecule has 4 nitrogen and oxygen atoms in total. The van der Waals surface area contributed by atoms with Crippen LogP contribution < -0.4 is 0 Å². The Balaban J connectivity index is 2.07. The quantitative estimate of drug-likeness (QED) is 0.521. The summed E-state index contributed by atoms with van der Waals surface area (Å²) in [5.41, 5.74) is 5.04. The van der Waals surface area contributed by atoms with Crippen molar-refractivity contribution in [1.82, 2.24) is 19.9 Å². The molecule has 2 heterocycles. The van der Waals surface area contributed by atoms with Gasteiger partial charge in [0, 0.05) is 10.0 Å². The minimum atomic E-state index is 0.710. The van der Waals surface area contributed by atoms with Crippen LogP contribution in [0.2, 0.25) is 0 Å². The number of aromatic amines is 2. The maximum atomic E-state index is 5.62. The van der Waals surface area contributed by atoms with Crippen LogP contribution in [-0.4, -0.2) is 19.9 Å². The number of imidazole rings is 2. The van der Waals surface area contributed by atoms with Crippen molar-refractivity contribution in [3.8, 4) is 23.7 Å². The number of rotatable bonds is 1. The van der Waals surface area contributed by atoms with E-state index >= 15 is 0 Å². The predicted octanol–water partition coefficient (Wildman–Crippen LogP) is 3.65. The van der Waals surface area contributed by atoms with E-state index in [1.54, 1.807) is 0 Å². The monoisotopic (exact) mass is 335 g/mol. The van der Waals surface area contributed by atoms with Crippen LogP contribution in [-0.2, 0) is 0 Å². The highest BCUT2D eigenvalue weighted by Gasteiger charge is 2.15. The van der Waals surface area contributed by atoms with E-state index in [4.69, 9.17) is 6.42 Å². The molecule has 0 atom stereocenters. The van der Waals surface area contributed by atoms with Crippen LogP contribution in [0.1, 0.15) is 5.56 Å². The van der Waals surface area contributed by atoms with E-state index in [-0.39, 0.29) is 0 Å². The summed E-state index contributed by atoms with van der Waals surface area (Å²) >= 11 is 3.45. The van der Waals surface area contributed by atoms with E-state index in [2.05, 4.69) is 48.1 Å². The lowest BCUT2D eigenvalue weighted by Gasteiger charge is -2.02. The Kier molecular flexibility index (Phi) is 2.59. The van der Waals surface area contributed by atoms with E-state index < -0.39 is 0 Å². The second-order valence-corrected chi connectivity index (χ2v) is 5.54. The molecule has 0 fully saturated rings. The topological polar surface area (TPSA) is 57.4 Å². The number of fused-ring (bicyclic) bond motifs is 2. The maximum Gasteiger partial charge on any atom is 0.174 e. The summed E-state index contributed by atoms with van der Waals surface area (Å²) in [4.78, 5) is 15.1. The molecule has 0 saturated carbocycles. The fraction of sp³-hybridized carbons (Fsp3) is 0. The van der Waals surface area contributed by atoms with Crippen molar-refractivity contribution in [2.24, 2.45) is 0 Å². The van der Waals surface area contributed by atoms with Crippen LogP contribution in [0.15, 0.2) is 34.8 Å². The Morgan fingerprint density at radius 2 is 2.05 bits per heavy atom. The van der Waals surface area contributed by atoms with Gasteiger partial charge in [0.2, 0.25) is 0 Å². The number of halogens is 1. The lowest BCUT2D eigenvalue weighted by atomic mass is 10.1. The third-order valence-corrected chi connectivity index (χ3v) is 3.87. The smallest absolute Gasteiger partial charge is 0.174 e. The summed E-state index contributed by atoms with van der Waals surface area (Å²) in [7, 11) is 0. The summed E-state index contributed by atoms with van der Waals surface area (Å²) in [5.74, 6) is 3.41. The van der Waals surface area contributed by atoms with E-state index in [0.29, 0.717) is 5.82 Å². The molecule has 0 aliphatic heterocycles. The number of nitrogens with one attached hydrogen (secondary N) is 2. The van der Waals surface area contributed by atoms with Crippen molar-refractivity contribution in [3.63, 3.8) is 0 Å². The molecule has 0 spiro atoms. The molecule has 4 rings (SSSR count). The summed E-state index contributed by atoms with van der Waals surface area (Å²) < 4.78 is 0.983. The van der Waals surface area contributed by atoms with Crippen LogP contribution in [0.3, 0.4) is 0 Å². The zero-order valence-corrected chi connectivity index (χ0v) is 12.3. The van der Waals surface area contributed by atoms with Gasteiger partial charge in [-0.2, -0.15) is 0 Å². The van der Waals surface area contributed by atoms with Gasteiger partial charge in [0.1, 0.15) is 11.3 Å². The van der Waals surface area contributed by atoms with Crippen molar-refractivity contribution < 1.29 is 0 Å². The lowest BCUT2D eigenvalue weighted by Crippen LogP contribution is -1.89. The van der Waals surface area contributed by atoms with Crippen LogP contribution in [0.4, 0.5) is 0 Å². The number of hydrogen-bond donors (Lipinski definition) is 2. The average molecular weight is 336 g/mol. The minimum Gasteiger partial charge on any atom is -0.338 e. The number of benzene rings is 2. The highest BCUT2D eigenvalue weighted by Crippen LogP contribution is 2.30. The molecule has 99 valence electrons. The molecule has 2 aromatic heterocycles. The SMILES string of the molecule is C#Cc1ccc2[nH][c]nc2c1-c1nc2cc(Br)ccc2[nH]1. The summed E-state index contributed by atoms with van der Waals surface area (Å²) in [6.45, 7) is 0. The molecule has 1 radical (unpaired) electrons. The van der Waals surface area contributed by atoms with Crippen molar-refractivity contribution in [2.45, 2.75) is 0 Å². The Bertz CT molecular complexity index is 1020. The van der Waals surface area contributed by atoms with Crippen molar-refractivity contribution in [1.29, 1.82) is 0 Å². The van der Waals surface area contributed by atoms with E-state index in [1.165, 1.54) is 0 Å². The molecule has 0 bridgehead atoms. The first kappa shape index (κ1) is 12.2. The summed E-state index contributed by atoms with van der Waals surface area (Å²) in [6, 6.07) is 9.68. The number of nitrogens with zero attached hydrogens (tertiary/aromatic N) is 2. The largest absolute Gasteiger partial charge is 0.338 e. The van der Waals surface area contributed by atoms with Gasteiger partial charge in [-0.3, -0.25) is 0 Å². The zero-order valence-electron chi connectivity index (χ0n) is 10.7. The number of aromatic nitrogens is 4. The van der Waals surface area contributed by atoms with Crippen LogP contribution in [0.25, 0.3) is 33.5 Å². The predicted molar refractivity (Wildman–Crippen MR) is 85.7 cm³/mol.